The average Bonchev–Trinajstić information content (AvgIpc) is 3.76. The monoisotopic (exact) mass is 1070 g/mol. The SMILES string of the molecule is CC(C)(C)OC(=O)CC[C@H](NC(=O)N[C@@H](CCCCNC(=O)[C@H](Cc1ccc2ccccc2c1)NC(=O)C1CCC(CNC(=O)[C@@H](N)CCCCn2cc(C[N+](C)(C)CB(F)F)nn2)CC1)C(=O)O)C(=O)OC(C)(C)C. The number of carbonyl (C=O) groups is 7. The minimum atomic E-state index is -2.42. The number of carbonyl (C=O) groups excluding carboxylic acids is 6. The predicted molar refractivity (Wildman–Crippen MR) is 283 cm³/mol. The lowest BCUT2D eigenvalue weighted by atomic mass is 9.81. The molecule has 1 aromatic heterocycles. The molecule has 1 heterocycles. The van der Waals surface area contributed by atoms with E-state index in [2.05, 4.69) is 36.9 Å². The molecule has 1 fully saturated rings. The highest BCUT2D eigenvalue weighted by Gasteiger charge is 2.33. The number of ether oxygens (including phenoxy) is 2. The molecule has 0 saturated heterocycles. The first kappa shape index (κ1) is 62.3. The topological polar surface area (TPSA) is 275 Å². The summed E-state index contributed by atoms with van der Waals surface area (Å²) in [6, 6.07) is 8.53. The third kappa shape index (κ3) is 23.3. The number of nitrogens with two attached hydrogens (primary N) is 1. The number of esters is 2. The van der Waals surface area contributed by atoms with Crippen molar-refractivity contribution in [2.45, 2.75) is 173 Å². The highest BCUT2D eigenvalue weighted by atomic mass is 19.2. The van der Waals surface area contributed by atoms with Crippen molar-refractivity contribution in [2.24, 2.45) is 17.6 Å². The highest BCUT2D eigenvalue weighted by molar-refractivity contribution is 6.42. The normalized spacial score (nSPS) is 16.6. The number of carboxylic acids is 1. The van der Waals surface area contributed by atoms with Crippen LogP contribution < -0.4 is 32.3 Å². The van der Waals surface area contributed by atoms with Gasteiger partial charge < -0.3 is 51.4 Å². The Morgan fingerprint density at radius 2 is 1.46 bits per heavy atom. The molecule has 23 heteroatoms. The molecule has 5 amide bonds. The van der Waals surface area contributed by atoms with Crippen LogP contribution in [0, 0.1) is 11.8 Å². The third-order valence-corrected chi connectivity index (χ3v) is 12.8. The summed E-state index contributed by atoms with van der Waals surface area (Å²) < 4.78 is 38.3. The molecule has 20 nitrogen and oxygen atoms in total. The molecule has 1 aliphatic rings. The number of urea groups is 1. The standard InChI is InChI=1S/C53H81BF2N10O10/c1-52(2,3)75-45(67)26-25-43(50(73)76-53(4,5)6)62-51(74)61-42(49(71)72)18-11-13-27-58-48(70)44(30-36-21-22-37-15-9-10-16-39(37)29-36)60-46(68)38-23-19-35(20-24-38)31-59-47(69)41(57)17-12-14-28-65-32-40(63-64-65)33-66(7,8)34-54(55)56/h9-10,15-16,21-22,29,32,35,38,41-44H,11-14,17-20,23-28,30-31,33-34,57H2,1-8H3,(H5-,58,59,60,61,62,68,69,70,71,72,74)/p+1/t35?,38?,41-,42-,43-,44-/m0/s1. The van der Waals surface area contributed by atoms with Crippen molar-refractivity contribution in [3.63, 3.8) is 0 Å². The fraction of sp³-hybridized carbons (Fsp3) is 0.642. The number of quaternary nitrogens is 1. The number of carboxylic acid groups (broad SMARTS) is 1. The quantitative estimate of drug-likeness (QED) is 0.0209. The molecule has 3 aromatic rings. The molecule has 0 radical (unpaired) electrons. The van der Waals surface area contributed by atoms with Gasteiger partial charge in [0.15, 0.2) is 0 Å². The van der Waals surface area contributed by atoms with Gasteiger partial charge in [-0.15, -0.1) is 5.10 Å². The summed E-state index contributed by atoms with van der Waals surface area (Å²) in [5, 5.41) is 33.9. The van der Waals surface area contributed by atoms with E-state index in [0.717, 1.165) is 16.3 Å². The molecule has 1 saturated carbocycles. The van der Waals surface area contributed by atoms with Crippen LogP contribution in [-0.2, 0) is 57.8 Å². The number of hydrogen-bond donors (Lipinski definition) is 7. The second-order valence-electron chi connectivity index (χ2n) is 22.7. The van der Waals surface area contributed by atoms with E-state index in [1.54, 1.807) is 66.5 Å². The summed E-state index contributed by atoms with van der Waals surface area (Å²) >= 11 is 0. The number of hydrogen-bond acceptors (Lipinski definition) is 12. The lowest BCUT2D eigenvalue weighted by molar-refractivity contribution is -0.894. The summed E-state index contributed by atoms with van der Waals surface area (Å²) in [6.07, 6.45) is 6.33. The molecule has 420 valence electrons. The van der Waals surface area contributed by atoms with Crippen LogP contribution in [0.1, 0.15) is 130 Å². The van der Waals surface area contributed by atoms with E-state index in [0.29, 0.717) is 76.7 Å². The largest absolute Gasteiger partial charge is 0.592 e. The van der Waals surface area contributed by atoms with Crippen molar-refractivity contribution < 1.29 is 61.3 Å². The average molecular weight is 1070 g/mol. The van der Waals surface area contributed by atoms with Gasteiger partial charge in [-0.05, 0) is 134 Å². The van der Waals surface area contributed by atoms with E-state index in [4.69, 9.17) is 15.2 Å². The van der Waals surface area contributed by atoms with E-state index in [1.165, 1.54) is 0 Å². The van der Waals surface area contributed by atoms with Gasteiger partial charge in [0.05, 0.1) is 26.3 Å². The number of fused-ring (bicyclic) bond motifs is 1. The number of nitrogens with zero attached hydrogens (tertiary/aromatic N) is 4. The fourth-order valence-corrected chi connectivity index (χ4v) is 8.97. The second kappa shape index (κ2) is 29.3. The van der Waals surface area contributed by atoms with Crippen molar-refractivity contribution in [1.29, 1.82) is 0 Å². The van der Waals surface area contributed by atoms with Crippen LogP contribution in [0.4, 0.5) is 13.4 Å². The van der Waals surface area contributed by atoms with Crippen molar-refractivity contribution in [3.8, 4) is 0 Å². The summed E-state index contributed by atoms with van der Waals surface area (Å²) in [4.78, 5) is 91.2. The van der Waals surface area contributed by atoms with E-state index in [-0.39, 0.29) is 73.2 Å². The minimum absolute atomic E-state index is 0.00642. The number of aliphatic carboxylic acids is 1. The summed E-state index contributed by atoms with van der Waals surface area (Å²) in [6.45, 7) is 11.5. The van der Waals surface area contributed by atoms with E-state index in [1.807, 2.05) is 42.5 Å². The van der Waals surface area contributed by atoms with Gasteiger partial charge in [0.25, 0.3) is 0 Å². The number of aryl methyl sites for hydroxylation is 1. The maximum atomic E-state index is 13.8. The Kier molecular flexibility index (Phi) is 24.1. The van der Waals surface area contributed by atoms with Gasteiger partial charge >= 0.3 is 31.2 Å². The van der Waals surface area contributed by atoms with Gasteiger partial charge in [0.1, 0.15) is 48.0 Å². The molecular formula is C53H82BF2N10O10+. The Morgan fingerprint density at radius 3 is 2.12 bits per heavy atom. The Morgan fingerprint density at radius 1 is 0.803 bits per heavy atom. The zero-order valence-electron chi connectivity index (χ0n) is 45.6. The molecule has 0 aliphatic heterocycles. The maximum absolute atomic E-state index is 13.8. The van der Waals surface area contributed by atoms with E-state index in [9.17, 15) is 47.3 Å². The highest BCUT2D eigenvalue weighted by Crippen LogP contribution is 2.29. The first-order valence-corrected chi connectivity index (χ1v) is 26.5. The minimum Gasteiger partial charge on any atom is -0.480 e. The number of unbranched alkanes of at least 4 members (excludes halogenated alkanes) is 2. The van der Waals surface area contributed by atoms with E-state index < -0.39 is 72.5 Å². The molecular weight excluding hydrogens is 985 g/mol. The van der Waals surface area contributed by atoms with Crippen LogP contribution in [-0.4, -0.2) is 143 Å². The lowest BCUT2D eigenvalue weighted by Gasteiger charge is -2.29. The first-order chi connectivity index (χ1) is 35.6. The van der Waals surface area contributed by atoms with Crippen molar-refractivity contribution in [3.05, 3.63) is 59.9 Å². The molecule has 2 aromatic carbocycles. The van der Waals surface area contributed by atoms with Crippen LogP contribution in [0.15, 0.2) is 48.7 Å². The Bertz CT molecular complexity index is 2400. The van der Waals surface area contributed by atoms with Crippen molar-refractivity contribution in [2.75, 3.05) is 33.6 Å². The van der Waals surface area contributed by atoms with Crippen molar-refractivity contribution in [1.82, 2.24) is 41.6 Å². The number of amides is 5. The molecule has 8 N–H and O–H groups in total. The van der Waals surface area contributed by atoms with Crippen LogP contribution in [0.3, 0.4) is 0 Å². The molecule has 0 unspecified atom stereocenters. The number of aromatic nitrogens is 3. The molecule has 4 rings (SSSR count). The number of rotatable bonds is 29. The number of halogens is 2. The zero-order chi connectivity index (χ0) is 56.2. The van der Waals surface area contributed by atoms with Gasteiger partial charge in [-0.2, -0.15) is 0 Å². The van der Waals surface area contributed by atoms with Gasteiger partial charge in [-0.1, -0.05) is 47.7 Å². The predicted octanol–water partition coefficient (Wildman–Crippen LogP) is 4.99. The molecule has 0 bridgehead atoms. The summed E-state index contributed by atoms with van der Waals surface area (Å²) in [5.74, 6) is -3.77. The molecule has 1 aliphatic carbocycles. The van der Waals surface area contributed by atoms with Gasteiger partial charge in [-0.25, -0.2) is 14.4 Å². The summed E-state index contributed by atoms with van der Waals surface area (Å²) in [5.41, 5.74) is 6.04. The van der Waals surface area contributed by atoms with Gasteiger partial charge in [-0.3, -0.25) is 32.5 Å². The van der Waals surface area contributed by atoms with Crippen molar-refractivity contribution >= 4 is 59.7 Å². The van der Waals surface area contributed by atoms with Crippen LogP contribution in [0.25, 0.3) is 10.8 Å². The Hall–Kier alpha value is -6.23. The van der Waals surface area contributed by atoms with Crippen LogP contribution in [0.5, 0.6) is 0 Å². The van der Waals surface area contributed by atoms with Crippen LogP contribution >= 0.6 is 0 Å². The lowest BCUT2D eigenvalue weighted by Crippen LogP contribution is -2.52. The maximum Gasteiger partial charge on any atom is 0.592 e. The molecule has 76 heavy (non-hydrogen) atoms. The Labute approximate surface area is 445 Å². The fourth-order valence-electron chi connectivity index (χ4n) is 8.97. The van der Waals surface area contributed by atoms with Gasteiger partial charge in [0.2, 0.25) is 17.7 Å². The molecule has 4 atom stereocenters. The number of benzene rings is 2. The second-order valence-corrected chi connectivity index (χ2v) is 22.7. The van der Waals surface area contributed by atoms with Crippen LogP contribution in [0.2, 0.25) is 0 Å². The smallest absolute Gasteiger partial charge is 0.480 e. The molecule has 0 spiro atoms. The third-order valence-electron chi connectivity index (χ3n) is 12.8. The zero-order valence-corrected chi connectivity index (χ0v) is 45.6. The van der Waals surface area contributed by atoms with Gasteiger partial charge in [0, 0.05) is 38.4 Å². The first-order valence-electron chi connectivity index (χ1n) is 26.5. The Balaban J connectivity index is 1.24. The van der Waals surface area contributed by atoms with E-state index >= 15 is 0 Å². The number of nitrogens with one attached hydrogen (secondary N) is 5. The summed E-state index contributed by atoms with van der Waals surface area (Å²) in [7, 11) is 1.02.